The van der Waals surface area contributed by atoms with Crippen LogP contribution in [-0.4, -0.2) is 29.9 Å². The SMILES string of the molecule is CC(=O)N1CCC(N[C@H](C)c2ccc(Br)cc2)CC1. The van der Waals surface area contributed by atoms with Gasteiger partial charge in [0.15, 0.2) is 0 Å². The summed E-state index contributed by atoms with van der Waals surface area (Å²) in [5.41, 5.74) is 1.30. The molecule has 1 atom stereocenters. The Labute approximate surface area is 123 Å². The minimum Gasteiger partial charge on any atom is -0.343 e. The molecule has 19 heavy (non-hydrogen) atoms. The lowest BCUT2D eigenvalue weighted by Gasteiger charge is -2.33. The van der Waals surface area contributed by atoms with Gasteiger partial charge in [-0.3, -0.25) is 4.79 Å². The van der Waals surface area contributed by atoms with Crippen LogP contribution in [0, 0.1) is 0 Å². The molecule has 1 aliphatic heterocycles. The van der Waals surface area contributed by atoms with Gasteiger partial charge in [-0.2, -0.15) is 0 Å². The Kier molecular flexibility index (Phi) is 4.99. The monoisotopic (exact) mass is 324 g/mol. The lowest BCUT2D eigenvalue weighted by Crippen LogP contribution is -2.44. The molecule has 1 amide bonds. The molecule has 0 unspecified atom stereocenters. The summed E-state index contributed by atoms with van der Waals surface area (Å²) in [4.78, 5) is 13.2. The highest BCUT2D eigenvalue weighted by molar-refractivity contribution is 9.10. The van der Waals surface area contributed by atoms with Crippen molar-refractivity contribution in [2.24, 2.45) is 0 Å². The maximum atomic E-state index is 11.3. The van der Waals surface area contributed by atoms with E-state index in [0.717, 1.165) is 30.4 Å². The minimum atomic E-state index is 0.194. The van der Waals surface area contributed by atoms with Crippen LogP contribution in [0.3, 0.4) is 0 Å². The Balaban J connectivity index is 1.85. The first-order valence-corrected chi connectivity index (χ1v) is 7.62. The predicted molar refractivity (Wildman–Crippen MR) is 81.0 cm³/mol. The van der Waals surface area contributed by atoms with E-state index in [1.807, 2.05) is 4.90 Å². The van der Waals surface area contributed by atoms with Gasteiger partial charge in [0.05, 0.1) is 0 Å². The van der Waals surface area contributed by atoms with E-state index in [9.17, 15) is 4.79 Å². The van der Waals surface area contributed by atoms with Gasteiger partial charge in [0.1, 0.15) is 0 Å². The highest BCUT2D eigenvalue weighted by Gasteiger charge is 2.21. The number of hydrogen-bond acceptors (Lipinski definition) is 2. The van der Waals surface area contributed by atoms with Crippen LogP contribution in [0.25, 0.3) is 0 Å². The molecule has 1 aromatic carbocycles. The Morgan fingerprint density at radius 2 is 1.89 bits per heavy atom. The number of benzene rings is 1. The number of nitrogens with one attached hydrogen (secondary N) is 1. The van der Waals surface area contributed by atoms with Crippen molar-refractivity contribution in [3.63, 3.8) is 0 Å². The highest BCUT2D eigenvalue weighted by Crippen LogP contribution is 2.19. The van der Waals surface area contributed by atoms with E-state index in [1.54, 1.807) is 6.92 Å². The summed E-state index contributed by atoms with van der Waals surface area (Å²) in [5, 5.41) is 3.66. The fourth-order valence-corrected chi connectivity index (χ4v) is 2.83. The molecule has 0 aromatic heterocycles. The van der Waals surface area contributed by atoms with E-state index in [2.05, 4.69) is 52.4 Å². The zero-order chi connectivity index (χ0) is 13.8. The lowest BCUT2D eigenvalue weighted by molar-refractivity contribution is -0.129. The first-order valence-electron chi connectivity index (χ1n) is 6.83. The number of hydrogen-bond donors (Lipinski definition) is 1. The van der Waals surface area contributed by atoms with Gasteiger partial charge in [0.2, 0.25) is 5.91 Å². The zero-order valence-electron chi connectivity index (χ0n) is 11.5. The molecular weight excluding hydrogens is 304 g/mol. The second-order valence-corrected chi connectivity index (χ2v) is 6.14. The zero-order valence-corrected chi connectivity index (χ0v) is 13.1. The molecule has 3 nitrogen and oxygen atoms in total. The Hall–Kier alpha value is -0.870. The van der Waals surface area contributed by atoms with E-state index < -0.39 is 0 Å². The number of halogens is 1. The maximum absolute atomic E-state index is 11.3. The van der Waals surface area contributed by atoms with Crippen molar-refractivity contribution in [3.05, 3.63) is 34.3 Å². The number of carbonyl (C=O) groups is 1. The van der Waals surface area contributed by atoms with Crippen LogP contribution in [0.1, 0.15) is 38.3 Å². The van der Waals surface area contributed by atoms with Crippen molar-refractivity contribution in [1.82, 2.24) is 10.2 Å². The molecule has 1 heterocycles. The molecule has 2 rings (SSSR count). The number of carbonyl (C=O) groups excluding carboxylic acids is 1. The summed E-state index contributed by atoms with van der Waals surface area (Å²) in [5.74, 6) is 0.194. The molecule has 1 saturated heterocycles. The number of rotatable bonds is 3. The highest BCUT2D eigenvalue weighted by atomic mass is 79.9. The molecule has 1 aromatic rings. The molecule has 104 valence electrons. The number of piperidine rings is 1. The van der Waals surface area contributed by atoms with Crippen LogP contribution in [0.4, 0.5) is 0 Å². The van der Waals surface area contributed by atoms with Gasteiger partial charge in [0, 0.05) is 36.6 Å². The summed E-state index contributed by atoms with van der Waals surface area (Å²) >= 11 is 3.46. The van der Waals surface area contributed by atoms with Gasteiger partial charge < -0.3 is 10.2 Å². The summed E-state index contributed by atoms with van der Waals surface area (Å²) < 4.78 is 1.11. The van der Waals surface area contributed by atoms with Crippen LogP contribution >= 0.6 is 15.9 Å². The van der Waals surface area contributed by atoms with E-state index in [0.29, 0.717) is 12.1 Å². The molecule has 4 heteroatoms. The Morgan fingerprint density at radius 3 is 2.42 bits per heavy atom. The second kappa shape index (κ2) is 6.53. The van der Waals surface area contributed by atoms with Crippen molar-refractivity contribution in [3.8, 4) is 0 Å². The van der Waals surface area contributed by atoms with Crippen molar-refractivity contribution in [2.75, 3.05) is 13.1 Å². The molecular formula is C15H21BrN2O. The topological polar surface area (TPSA) is 32.3 Å². The number of likely N-dealkylation sites (tertiary alicyclic amines) is 1. The fraction of sp³-hybridized carbons (Fsp3) is 0.533. The van der Waals surface area contributed by atoms with E-state index >= 15 is 0 Å². The average Bonchev–Trinajstić information content (AvgIpc) is 2.40. The summed E-state index contributed by atoms with van der Waals surface area (Å²) in [6.07, 6.45) is 2.08. The smallest absolute Gasteiger partial charge is 0.219 e. The standard InChI is InChI=1S/C15H21BrN2O/c1-11(13-3-5-14(16)6-4-13)17-15-7-9-18(10-8-15)12(2)19/h3-6,11,15,17H,7-10H2,1-2H3/t11-/m1/s1. The lowest BCUT2D eigenvalue weighted by atomic mass is 10.0. The summed E-state index contributed by atoms with van der Waals surface area (Å²) in [7, 11) is 0. The first kappa shape index (κ1) is 14.5. The molecule has 0 spiro atoms. The molecule has 0 aliphatic carbocycles. The normalized spacial score (nSPS) is 18.4. The molecule has 0 radical (unpaired) electrons. The maximum Gasteiger partial charge on any atom is 0.219 e. The van der Waals surface area contributed by atoms with Gasteiger partial charge in [-0.1, -0.05) is 28.1 Å². The Bertz CT molecular complexity index is 424. The fourth-order valence-electron chi connectivity index (χ4n) is 2.56. The minimum absolute atomic E-state index is 0.194. The molecule has 1 N–H and O–H groups in total. The van der Waals surface area contributed by atoms with Crippen LogP contribution in [0.2, 0.25) is 0 Å². The van der Waals surface area contributed by atoms with E-state index in [-0.39, 0.29) is 5.91 Å². The average molecular weight is 325 g/mol. The van der Waals surface area contributed by atoms with Crippen molar-refractivity contribution in [2.45, 2.75) is 38.8 Å². The van der Waals surface area contributed by atoms with Gasteiger partial charge >= 0.3 is 0 Å². The van der Waals surface area contributed by atoms with E-state index in [1.165, 1.54) is 5.56 Å². The van der Waals surface area contributed by atoms with Crippen molar-refractivity contribution < 1.29 is 4.79 Å². The number of nitrogens with zero attached hydrogens (tertiary/aromatic N) is 1. The second-order valence-electron chi connectivity index (χ2n) is 5.22. The van der Waals surface area contributed by atoms with Gasteiger partial charge in [-0.05, 0) is 37.5 Å². The summed E-state index contributed by atoms with van der Waals surface area (Å²) in [6.45, 7) is 5.60. The summed E-state index contributed by atoms with van der Waals surface area (Å²) in [6, 6.07) is 9.30. The Morgan fingerprint density at radius 1 is 1.32 bits per heavy atom. The third-order valence-electron chi connectivity index (χ3n) is 3.80. The number of amides is 1. The largest absolute Gasteiger partial charge is 0.343 e. The van der Waals surface area contributed by atoms with Gasteiger partial charge in [-0.25, -0.2) is 0 Å². The third-order valence-corrected chi connectivity index (χ3v) is 4.32. The van der Waals surface area contributed by atoms with Gasteiger partial charge in [-0.15, -0.1) is 0 Å². The first-order chi connectivity index (χ1) is 9.06. The quantitative estimate of drug-likeness (QED) is 0.926. The van der Waals surface area contributed by atoms with Crippen molar-refractivity contribution >= 4 is 21.8 Å². The van der Waals surface area contributed by atoms with Crippen LogP contribution in [0.15, 0.2) is 28.7 Å². The van der Waals surface area contributed by atoms with Crippen molar-refractivity contribution in [1.29, 1.82) is 0 Å². The molecule has 1 aliphatic rings. The van der Waals surface area contributed by atoms with Crippen LogP contribution in [0.5, 0.6) is 0 Å². The van der Waals surface area contributed by atoms with Crippen LogP contribution < -0.4 is 5.32 Å². The predicted octanol–water partition coefficient (Wildman–Crippen LogP) is 3.11. The molecule has 1 fully saturated rings. The molecule has 0 bridgehead atoms. The molecule has 0 saturated carbocycles. The van der Waals surface area contributed by atoms with Gasteiger partial charge in [0.25, 0.3) is 0 Å². The van der Waals surface area contributed by atoms with E-state index in [4.69, 9.17) is 0 Å². The third kappa shape index (κ3) is 4.05. The van der Waals surface area contributed by atoms with Crippen LogP contribution in [-0.2, 0) is 4.79 Å².